The average molecular weight is 305 g/mol. The molecule has 0 nitrogen and oxygen atoms in total. The van der Waals surface area contributed by atoms with Crippen LogP contribution >= 0.6 is 0 Å². The van der Waals surface area contributed by atoms with Crippen molar-refractivity contribution in [1.29, 1.82) is 0 Å². The van der Waals surface area contributed by atoms with Gasteiger partial charge in [0, 0.05) is 18.9 Å². The smallest absolute Gasteiger partial charge is 0 e. The third-order valence-corrected chi connectivity index (χ3v) is 8.60. The summed E-state index contributed by atoms with van der Waals surface area (Å²) in [5.41, 5.74) is 7.28. The topological polar surface area (TPSA) is 0 Å². The Morgan fingerprint density at radius 2 is 1.11 bits per heavy atom. The fraction of sp³-hybridized carbons (Fsp3) is 0.294. The zero-order valence-electron chi connectivity index (χ0n) is 13.0. The molecule has 0 aliphatic carbocycles. The Kier molecular flexibility index (Phi) is 5.99. The Bertz CT molecular complexity index is 545. The molecule has 19 heavy (non-hydrogen) atoms. The van der Waals surface area contributed by atoms with Gasteiger partial charge in [-0.05, 0) is 0 Å². The number of benzene rings is 2. The van der Waals surface area contributed by atoms with Gasteiger partial charge in [-0.1, -0.05) is 0 Å². The summed E-state index contributed by atoms with van der Waals surface area (Å²) >= 11 is -0.543. The first-order valence-corrected chi connectivity index (χ1v) is 8.90. The van der Waals surface area contributed by atoms with Crippen molar-refractivity contribution in [2.75, 3.05) is 0 Å². The molecule has 0 spiro atoms. The van der Waals surface area contributed by atoms with Crippen LogP contribution in [-0.4, -0.2) is 34.3 Å². The van der Waals surface area contributed by atoms with Crippen LogP contribution in [0.15, 0.2) is 30.3 Å². The minimum Gasteiger partial charge on any atom is 0 e. The summed E-state index contributed by atoms with van der Waals surface area (Å²) < 4.78 is 3.28. The molecule has 2 aromatic carbocycles. The molecule has 2 heteroatoms. The van der Waals surface area contributed by atoms with E-state index in [4.69, 9.17) is 0 Å². The van der Waals surface area contributed by atoms with Crippen molar-refractivity contribution in [1.82, 2.24) is 0 Å². The van der Waals surface area contributed by atoms with Crippen molar-refractivity contribution >= 4 is 43.1 Å². The van der Waals surface area contributed by atoms with Crippen LogP contribution in [0, 0.1) is 34.6 Å². The maximum Gasteiger partial charge on any atom is 0 e. The van der Waals surface area contributed by atoms with E-state index in [1.165, 1.54) is 27.8 Å². The van der Waals surface area contributed by atoms with Gasteiger partial charge in [0.2, 0.25) is 0 Å². The van der Waals surface area contributed by atoms with Crippen LogP contribution < -0.4 is 8.79 Å². The van der Waals surface area contributed by atoms with Gasteiger partial charge in [0.1, 0.15) is 0 Å². The molecule has 2 radical (unpaired) electrons. The standard InChI is InChI=1S/C17H21Ge.Li/c1-11-9-14(4)17(15(5)10-11)18-16-12(2)7-6-8-13(16)3;/h6-10,18H,1-5H3;. The molecule has 2 rings (SSSR count). The average Bonchev–Trinajstić information content (AvgIpc) is 2.26. The molecule has 0 aliphatic rings. The van der Waals surface area contributed by atoms with E-state index in [0.29, 0.717) is 0 Å². The largest absolute Gasteiger partial charge is 0 e. The molecule has 0 aromatic heterocycles. The normalized spacial score (nSPS) is 10.2. The first kappa shape index (κ1) is 16.6. The third-order valence-electron chi connectivity index (χ3n) is 3.57. The Morgan fingerprint density at radius 3 is 1.58 bits per heavy atom. The molecule has 2 aromatic rings. The quantitative estimate of drug-likeness (QED) is 0.747. The summed E-state index contributed by atoms with van der Waals surface area (Å²) in [5.74, 6) is 0. The zero-order valence-corrected chi connectivity index (χ0v) is 15.4. The number of rotatable bonds is 2. The van der Waals surface area contributed by atoms with Crippen molar-refractivity contribution in [3.05, 3.63) is 58.1 Å². The van der Waals surface area contributed by atoms with E-state index in [1.807, 2.05) is 0 Å². The Balaban J connectivity index is 0.00000180. The maximum atomic E-state index is 2.33. The van der Waals surface area contributed by atoms with Gasteiger partial charge in [-0.2, -0.15) is 0 Å². The summed E-state index contributed by atoms with van der Waals surface area (Å²) in [6.07, 6.45) is 0. The van der Waals surface area contributed by atoms with Crippen molar-refractivity contribution < 1.29 is 0 Å². The van der Waals surface area contributed by atoms with E-state index in [9.17, 15) is 0 Å². The summed E-state index contributed by atoms with van der Waals surface area (Å²) in [6.45, 7) is 11.2. The first-order valence-electron chi connectivity index (χ1n) is 6.48. The Hall–Kier alpha value is -0.420. The van der Waals surface area contributed by atoms with Crippen LogP contribution in [0.3, 0.4) is 0 Å². The van der Waals surface area contributed by atoms with Gasteiger partial charge < -0.3 is 0 Å². The second-order valence-electron chi connectivity index (χ2n) is 5.26. The maximum absolute atomic E-state index is 2.33. The molecule has 0 fully saturated rings. The summed E-state index contributed by atoms with van der Waals surface area (Å²) in [5, 5.41) is 0. The van der Waals surface area contributed by atoms with Gasteiger partial charge >= 0.3 is 117 Å². The van der Waals surface area contributed by atoms with Gasteiger partial charge in [-0.25, -0.2) is 0 Å². The molecule has 0 unspecified atom stereocenters. The predicted octanol–water partition coefficient (Wildman–Crippen LogP) is 2.24. The fourth-order valence-corrected chi connectivity index (χ4v) is 5.89. The first-order chi connectivity index (χ1) is 8.49. The third kappa shape index (κ3) is 3.78. The summed E-state index contributed by atoms with van der Waals surface area (Å²) in [6, 6.07) is 11.3. The van der Waals surface area contributed by atoms with Gasteiger partial charge in [-0.3, -0.25) is 0 Å². The molecule has 0 bridgehead atoms. The van der Waals surface area contributed by atoms with Crippen LogP contribution in [0.2, 0.25) is 0 Å². The molecule has 0 aliphatic heterocycles. The zero-order chi connectivity index (χ0) is 13.3. The molecule has 0 amide bonds. The fourth-order valence-electron chi connectivity index (χ4n) is 2.62. The predicted molar refractivity (Wildman–Crippen MR) is 88.7 cm³/mol. The van der Waals surface area contributed by atoms with E-state index in [1.54, 1.807) is 8.79 Å². The molecule has 0 saturated heterocycles. The van der Waals surface area contributed by atoms with Gasteiger partial charge in [0.15, 0.2) is 0 Å². The molecular weight excluding hydrogens is 284 g/mol. The molecule has 0 atom stereocenters. The summed E-state index contributed by atoms with van der Waals surface area (Å²) in [4.78, 5) is 0. The van der Waals surface area contributed by atoms with Crippen LogP contribution in [0.25, 0.3) is 0 Å². The second-order valence-corrected chi connectivity index (χ2v) is 8.29. The summed E-state index contributed by atoms with van der Waals surface area (Å²) in [7, 11) is 0. The van der Waals surface area contributed by atoms with Crippen molar-refractivity contribution in [3.63, 3.8) is 0 Å². The molecule has 94 valence electrons. The van der Waals surface area contributed by atoms with Crippen molar-refractivity contribution in [3.8, 4) is 0 Å². The van der Waals surface area contributed by atoms with E-state index in [2.05, 4.69) is 65.0 Å². The molecule has 0 saturated carbocycles. The van der Waals surface area contributed by atoms with Crippen molar-refractivity contribution in [2.45, 2.75) is 34.6 Å². The SMILES string of the molecule is Cc1cc(C)[c]([GeH][c]2c(C)cccc2C)c(C)c1.[Li]. The van der Waals surface area contributed by atoms with E-state index in [0.717, 1.165) is 0 Å². The molecular formula is C17H21GeLi. The van der Waals surface area contributed by atoms with Crippen LogP contribution in [0.4, 0.5) is 0 Å². The van der Waals surface area contributed by atoms with Gasteiger partial charge in [0.05, 0.1) is 0 Å². The minimum absolute atomic E-state index is 0. The molecule has 0 N–H and O–H groups in total. The van der Waals surface area contributed by atoms with E-state index in [-0.39, 0.29) is 18.9 Å². The van der Waals surface area contributed by atoms with Crippen LogP contribution in [0.5, 0.6) is 0 Å². The van der Waals surface area contributed by atoms with Crippen LogP contribution in [0.1, 0.15) is 27.8 Å². The van der Waals surface area contributed by atoms with Crippen molar-refractivity contribution in [2.24, 2.45) is 0 Å². The monoisotopic (exact) mass is 306 g/mol. The van der Waals surface area contributed by atoms with Crippen LogP contribution in [-0.2, 0) is 0 Å². The Labute approximate surface area is 135 Å². The van der Waals surface area contributed by atoms with E-state index < -0.39 is 15.4 Å². The number of hydrogen-bond acceptors (Lipinski definition) is 0. The molecule has 0 heterocycles. The number of aryl methyl sites for hydroxylation is 5. The minimum atomic E-state index is -0.543. The van der Waals surface area contributed by atoms with Gasteiger partial charge in [-0.15, -0.1) is 0 Å². The Morgan fingerprint density at radius 1 is 0.684 bits per heavy atom. The van der Waals surface area contributed by atoms with Gasteiger partial charge in [0.25, 0.3) is 0 Å². The number of hydrogen-bond donors (Lipinski definition) is 0. The second kappa shape index (κ2) is 6.84. The van der Waals surface area contributed by atoms with E-state index >= 15 is 0 Å².